The van der Waals surface area contributed by atoms with E-state index >= 15 is 0 Å². The Morgan fingerprint density at radius 1 is 1.20 bits per heavy atom. The van der Waals surface area contributed by atoms with E-state index in [2.05, 4.69) is 10.3 Å². The summed E-state index contributed by atoms with van der Waals surface area (Å²) in [6.07, 6.45) is 2.51. The van der Waals surface area contributed by atoms with Crippen LogP contribution in [0.5, 0.6) is 0 Å². The molecular weight excluding hydrogens is 318 g/mol. The van der Waals surface area contributed by atoms with Crippen LogP contribution < -0.4 is 5.32 Å². The monoisotopic (exact) mass is 337 g/mol. The van der Waals surface area contributed by atoms with Crippen molar-refractivity contribution in [3.63, 3.8) is 0 Å². The van der Waals surface area contributed by atoms with Gasteiger partial charge in [-0.25, -0.2) is 0 Å². The van der Waals surface area contributed by atoms with Crippen molar-refractivity contribution in [2.24, 2.45) is 0 Å². The molecule has 0 bridgehead atoms. The number of nitro groups is 1. The number of aromatic amines is 1. The fraction of sp³-hybridized carbons (Fsp3) is 0.211. The summed E-state index contributed by atoms with van der Waals surface area (Å²) in [5.74, 6) is -0.292. The smallest absolute Gasteiger partial charge is 0.269 e. The summed E-state index contributed by atoms with van der Waals surface area (Å²) in [6, 6.07) is 14.3. The van der Waals surface area contributed by atoms with Gasteiger partial charge in [-0.2, -0.15) is 0 Å². The van der Waals surface area contributed by atoms with E-state index in [1.165, 1.54) is 12.1 Å². The number of fused-ring (bicyclic) bond motifs is 1. The summed E-state index contributed by atoms with van der Waals surface area (Å²) in [5, 5.41) is 14.6. The van der Waals surface area contributed by atoms with Crippen LogP contribution in [-0.4, -0.2) is 22.4 Å². The second-order valence-electron chi connectivity index (χ2n) is 5.98. The number of nitrogens with one attached hydrogen (secondary N) is 2. The Balaban J connectivity index is 1.58. The molecule has 1 amide bonds. The van der Waals surface area contributed by atoms with Crippen LogP contribution in [0.2, 0.25) is 0 Å². The van der Waals surface area contributed by atoms with Crippen LogP contribution in [0.15, 0.2) is 54.7 Å². The molecule has 0 aliphatic rings. The van der Waals surface area contributed by atoms with Gasteiger partial charge < -0.3 is 10.3 Å². The van der Waals surface area contributed by atoms with E-state index in [1.54, 1.807) is 12.1 Å². The van der Waals surface area contributed by atoms with Crippen LogP contribution in [-0.2, 0) is 11.2 Å². The van der Waals surface area contributed by atoms with E-state index in [9.17, 15) is 14.9 Å². The minimum atomic E-state index is -0.422. The van der Waals surface area contributed by atoms with Gasteiger partial charge in [0.25, 0.3) is 5.69 Å². The minimum Gasteiger partial charge on any atom is -0.361 e. The number of nitrogens with zero attached hydrogens (tertiary/aromatic N) is 1. The predicted molar refractivity (Wildman–Crippen MR) is 96.5 cm³/mol. The van der Waals surface area contributed by atoms with Crippen molar-refractivity contribution in [2.45, 2.75) is 19.3 Å². The first kappa shape index (κ1) is 16.7. The number of hydrogen-bond acceptors (Lipinski definition) is 3. The van der Waals surface area contributed by atoms with E-state index in [1.807, 2.05) is 37.4 Å². The van der Waals surface area contributed by atoms with Crippen LogP contribution in [0.4, 0.5) is 5.69 Å². The lowest BCUT2D eigenvalue weighted by Crippen LogP contribution is -2.29. The fourth-order valence-electron chi connectivity index (χ4n) is 2.86. The fourth-order valence-corrected chi connectivity index (χ4v) is 2.86. The molecule has 6 nitrogen and oxygen atoms in total. The topological polar surface area (TPSA) is 88.0 Å². The molecule has 25 heavy (non-hydrogen) atoms. The third-order valence-electron chi connectivity index (χ3n) is 4.34. The zero-order valence-corrected chi connectivity index (χ0v) is 13.9. The van der Waals surface area contributed by atoms with Crippen molar-refractivity contribution in [3.8, 4) is 0 Å². The van der Waals surface area contributed by atoms with Gasteiger partial charge >= 0.3 is 0 Å². The number of carbonyl (C=O) groups is 1. The first-order valence-corrected chi connectivity index (χ1v) is 8.13. The molecule has 6 heteroatoms. The summed E-state index contributed by atoms with van der Waals surface area (Å²) in [5.41, 5.74) is 3.01. The van der Waals surface area contributed by atoms with Gasteiger partial charge in [0.15, 0.2) is 0 Å². The van der Waals surface area contributed by atoms with E-state index in [-0.39, 0.29) is 17.5 Å². The van der Waals surface area contributed by atoms with Crippen molar-refractivity contribution >= 4 is 22.5 Å². The van der Waals surface area contributed by atoms with Crippen molar-refractivity contribution in [3.05, 3.63) is 76.0 Å². The lowest BCUT2D eigenvalue weighted by molar-refractivity contribution is -0.384. The first-order valence-electron chi connectivity index (χ1n) is 8.13. The number of benzene rings is 2. The average Bonchev–Trinajstić information content (AvgIpc) is 3.05. The van der Waals surface area contributed by atoms with E-state index < -0.39 is 4.92 Å². The Kier molecular flexibility index (Phi) is 4.79. The molecule has 1 atom stereocenters. The third-order valence-corrected chi connectivity index (χ3v) is 4.34. The molecule has 1 heterocycles. The molecule has 0 saturated carbocycles. The number of carbonyl (C=O) groups excluding carboxylic acids is 1. The number of rotatable bonds is 6. The first-order chi connectivity index (χ1) is 12.1. The maximum Gasteiger partial charge on any atom is 0.269 e. The number of para-hydroxylation sites is 1. The molecule has 3 rings (SSSR count). The molecule has 0 aliphatic heterocycles. The van der Waals surface area contributed by atoms with Gasteiger partial charge in [-0.05, 0) is 30.5 Å². The molecule has 1 unspecified atom stereocenters. The van der Waals surface area contributed by atoms with E-state index in [4.69, 9.17) is 0 Å². The highest BCUT2D eigenvalue weighted by Gasteiger charge is 2.18. The molecule has 2 aromatic carbocycles. The summed E-state index contributed by atoms with van der Waals surface area (Å²) < 4.78 is 0. The number of H-pyrrole nitrogens is 1. The number of amides is 1. The largest absolute Gasteiger partial charge is 0.361 e. The molecule has 2 N–H and O–H groups in total. The Morgan fingerprint density at radius 2 is 1.92 bits per heavy atom. The lowest BCUT2D eigenvalue weighted by Gasteiger charge is -2.12. The van der Waals surface area contributed by atoms with Gasteiger partial charge in [-0.15, -0.1) is 0 Å². The van der Waals surface area contributed by atoms with Crippen LogP contribution in [0.25, 0.3) is 10.9 Å². The Hall–Kier alpha value is -3.15. The minimum absolute atomic E-state index is 0.0355. The second kappa shape index (κ2) is 7.17. The molecule has 3 aromatic rings. The summed E-state index contributed by atoms with van der Waals surface area (Å²) >= 11 is 0. The normalized spacial score (nSPS) is 12.0. The number of nitro benzene ring substituents is 1. The van der Waals surface area contributed by atoms with Crippen molar-refractivity contribution in [2.75, 3.05) is 6.54 Å². The summed E-state index contributed by atoms with van der Waals surface area (Å²) in [7, 11) is 0. The van der Waals surface area contributed by atoms with Crippen molar-refractivity contribution in [1.29, 1.82) is 0 Å². The molecule has 0 aliphatic carbocycles. The summed E-state index contributed by atoms with van der Waals surface area (Å²) in [6.45, 7) is 2.38. The van der Waals surface area contributed by atoms with Crippen LogP contribution >= 0.6 is 0 Å². The zero-order chi connectivity index (χ0) is 17.8. The van der Waals surface area contributed by atoms with Crippen molar-refractivity contribution in [1.82, 2.24) is 10.3 Å². The molecular formula is C19H19N3O3. The third kappa shape index (κ3) is 3.68. The highest BCUT2D eigenvalue weighted by Crippen LogP contribution is 2.25. The maximum atomic E-state index is 12.4. The Bertz CT molecular complexity index is 900. The van der Waals surface area contributed by atoms with Gasteiger partial charge in [-0.3, -0.25) is 14.9 Å². The molecule has 0 fully saturated rings. The van der Waals surface area contributed by atoms with Gasteiger partial charge in [-0.1, -0.05) is 30.3 Å². The number of hydrogen-bond donors (Lipinski definition) is 2. The highest BCUT2D eigenvalue weighted by atomic mass is 16.6. The molecule has 0 spiro atoms. The number of aromatic nitrogens is 1. The predicted octanol–water partition coefficient (Wildman–Crippen LogP) is 3.54. The molecule has 0 saturated heterocycles. The van der Waals surface area contributed by atoms with Gasteiger partial charge in [0.2, 0.25) is 5.91 Å². The standard InChI is InChI=1S/C19H19N3O3/c1-13(17-12-21-18-5-3-2-4-16(17)18)19(23)20-11-10-14-6-8-15(9-7-14)22(24)25/h2-9,12-13,21H,10-11H2,1H3,(H,20,23). The van der Waals surface area contributed by atoms with Gasteiger partial charge in [0.1, 0.15) is 0 Å². The Morgan fingerprint density at radius 3 is 2.64 bits per heavy atom. The second-order valence-corrected chi connectivity index (χ2v) is 5.98. The van der Waals surface area contributed by atoms with Crippen LogP contribution in [0.1, 0.15) is 24.0 Å². The van der Waals surface area contributed by atoms with Gasteiger partial charge in [0.05, 0.1) is 10.8 Å². The lowest BCUT2D eigenvalue weighted by atomic mass is 9.99. The van der Waals surface area contributed by atoms with Crippen LogP contribution in [0.3, 0.4) is 0 Å². The molecule has 1 aromatic heterocycles. The van der Waals surface area contributed by atoms with Crippen LogP contribution in [0, 0.1) is 10.1 Å². The van der Waals surface area contributed by atoms with E-state index in [0.717, 1.165) is 22.0 Å². The number of non-ortho nitro benzene ring substituents is 1. The Labute approximate surface area is 145 Å². The molecule has 128 valence electrons. The SMILES string of the molecule is CC(C(=O)NCCc1ccc([N+](=O)[O-])cc1)c1c[nH]c2ccccc12. The van der Waals surface area contributed by atoms with E-state index in [0.29, 0.717) is 13.0 Å². The van der Waals surface area contributed by atoms with Crippen molar-refractivity contribution < 1.29 is 9.72 Å². The maximum absolute atomic E-state index is 12.4. The summed E-state index contributed by atoms with van der Waals surface area (Å²) in [4.78, 5) is 25.8. The van der Waals surface area contributed by atoms with Gasteiger partial charge in [0, 0.05) is 35.8 Å². The zero-order valence-electron chi connectivity index (χ0n) is 13.9. The molecule has 0 radical (unpaired) electrons. The highest BCUT2D eigenvalue weighted by molar-refractivity contribution is 5.91. The average molecular weight is 337 g/mol. The quantitative estimate of drug-likeness (QED) is 0.533.